The molecule has 2 atom stereocenters. The fourth-order valence-electron chi connectivity index (χ4n) is 5.40. The van der Waals surface area contributed by atoms with Gasteiger partial charge in [-0.1, -0.05) is 21.9 Å². The van der Waals surface area contributed by atoms with E-state index in [0.29, 0.717) is 42.4 Å². The molecule has 2 heterocycles. The van der Waals surface area contributed by atoms with Crippen LogP contribution in [0.15, 0.2) is 28.7 Å². The van der Waals surface area contributed by atoms with Crippen molar-refractivity contribution in [1.82, 2.24) is 14.8 Å². The topological polar surface area (TPSA) is 107 Å². The van der Waals surface area contributed by atoms with Crippen LogP contribution in [0.25, 0.3) is 11.0 Å². The smallest absolute Gasteiger partial charge is 0.312 e. The van der Waals surface area contributed by atoms with Crippen molar-refractivity contribution in [1.29, 1.82) is 0 Å². The molecule has 2 aliphatic rings. The van der Waals surface area contributed by atoms with E-state index in [1.54, 1.807) is 29.6 Å². The molecule has 3 aromatic rings. The summed E-state index contributed by atoms with van der Waals surface area (Å²) in [6.07, 6.45) is 3.12. The summed E-state index contributed by atoms with van der Waals surface area (Å²) in [6, 6.07) is 7.74. The van der Waals surface area contributed by atoms with Crippen LogP contribution in [0.3, 0.4) is 0 Å². The number of aryl methyl sites for hydroxylation is 2. The van der Waals surface area contributed by atoms with Crippen LogP contribution in [0.1, 0.15) is 56.1 Å². The number of benzene rings is 1. The summed E-state index contributed by atoms with van der Waals surface area (Å²) in [7, 11) is 3.31. The highest BCUT2D eigenvalue weighted by molar-refractivity contribution is 9.10. The van der Waals surface area contributed by atoms with Crippen molar-refractivity contribution in [3.05, 3.63) is 39.9 Å². The van der Waals surface area contributed by atoms with E-state index in [-0.39, 0.29) is 18.6 Å². The fraction of sp³-hybridized carbons (Fsp3) is 0.448. The highest BCUT2D eigenvalue weighted by Crippen LogP contribution is 2.47. The van der Waals surface area contributed by atoms with Crippen LogP contribution < -0.4 is 9.64 Å². The summed E-state index contributed by atoms with van der Waals surface area (Å²) in [6.45, 7) is 3.75. The molecule has 2 aromatic heterocycles. The Morgan fingerprint density at radius 2 is 2.05 bits per heavy atom. The Balaban J connectivity index is 1.56. The molecular formula is C29H31BrN4O5. The lowest BCUT2D eigenvalue weighted by molar-refractivity contribution is -0.152. The number of methoxy groups -OCH3 is 1. The van der Waals surface area contributed by atoms with Crippen molar-refractivity contribution in [3.8, 4) is 17.7 Å². The Bertz CT molecular complexity index is 1520. The number of rotatable bonds is 8. The Morgan fingerprint density at radius 1 is 1.28 bits per heavy atom. The van der Waals surface area contributed by atoms with Crippen LogP contribution in [0.4, 0.5) is 11.5 Å². The number of carbonyl (C=O) groups excluding carboxylic acids is 1. The second-order valence-electron chi connectivity index (χ2n) is 10.4. The standard InChI is InChI=1S/C29H31BrN4O5/c1-5-6-25(35)34(23-13-17(2)21(30)14-20(23)18-7-8-18)24-10-9-22-26(31-24)27(32-33(22)3)39-19-11-12-29(15-19,16-38-4)28(36)37/h9-10,13-14,18-19H,7-8,11-12,15-16H2,1-4H3,(H,36,37)/t19-,29-/m0/s1. The molecule has 204 valence electrons. The first-order chi connectivity index (χ1) is 18.7. The maximum Gasteiger partial charge on any atom is 0.312 e. The Hall–Kier alpha value is -3.42. The number of fused-ring (bicyclic) bond motifs is 1. The molecule has 0 unspecified atom stereocenters. The quantitative estimate of drug-likeness (QED) is 0.355. The molecule has 0 bridgehead atoms. The minimum Gasteiger partial charge on any atom is -0.481 e. The van der Waals surface area contributed by atoms with Crippen molar-refractivity contribution in [2.45, 2.75) is 58.0 Å². The molecule has 5 rings (SSSR count). The number of hydrogen-bond donors (Lipinski definition) is 1. The first kappa shape index (κ1) is 27.2. The van der Waals surface area contributed by atoms with Gasteiger partial charge in [0.1, 0.15) is 11.9 Å². The van der Waals surface area contributed by atoms with Gasteiger partial charge in [0.2, 0.25) is 0 Å². The number of carboxylic acids is 1. The molecule has 10 heteroatoms. The van der Waals surface area contributed by atoms with Crippen molar-refractivity contribution in [2.75, 3.05) is 18.6 Å². The molecule has 1 amide bonds. The zero-order chi connectivity index (χ0) is 27.9. The third-order valence-electron chi connectivity index (χ3n) is 7.60. The molecule has 0 saturated heterocycles. The number of pyridine rings is 1. The normalized spacial score (nSPS) is 20.5. The van der Waals surface area contributed by atoms with Gasteiger partial charge in [-0.3, -0.25) is 19.2 Å². The van der Waals surface area contributed by atoms with Crippen molar-refractivity contribution in [3.63, 3.8) is 0 Å². The zero-order valence-electron chi connectivity index (χ0n) is 22.5. The molecule has 2 aliphatic carbocycles. The number of anilines is 2. The molecule has 9 nitrogen and oxygen atoms in total. The molecule has 1 aromatic carbocycles. The number of ether oxygens (including phenoxy) is 2. The van der Waals surface area contributed by atoms with E-state index >= 15 is 0 Å². The molecule has 1 N–H and O–H groups in total. The Morgan fingerprint density at radius 3 is 2.72 bits per heavy atom. The van der Waals surface area contributed by atoms with Gasteiger partial charge in [-0.05, 0) is 86.8 Å². The lowest BCUT2D eigenvalue weighted by Gasteiger charge is -2.24. The summed E-state index contributed by atoms with van der Waals surface area (Å²) in [5, 5.41) is 14.4. The monoisotopic (exact) mass is 594 g/mol. The fourth-order valence-corrected chi connectivity index (χ4v) is 5.76. The maximum absolute atomic E-state index is 13.4. The van der Waals surface area contributed by atoms with Gasteiger partial charge in [-0.15, -0.1) is 5.10 Å². The lowest BCUT2D eigenvalue weighted by Crippen LogP contribution is -2.34. The van der Waals surface area contributed by atoms with E-state index in [1.165, 1.54) is 7.11 Å². The first-order valence-electron chi connectivity index (χ1n) is 13.0. The third-order valence-corrected chi connectivity index (χ3v) is 8.45. The summed E-state index contributed by atoms with van der Waals surface area (Å²) in [5.74, 6) is 5.26. The van der Waals surface area contributed by atoms with Gasteiger partial charge < -0.3 is 14.6 Å². The van der Waals surface area contributed by atoms with E-state index in [1.807, 2.05) is 19.1 Å². The summed E-state index contributed by atoms with van der Waals surface area (Å²) in [5.41, 5.74) is 3.10. The van der Waals surface area contributed by atoms with Crippen molar-refractivity contribution >= 4 is 50.3 Å². The third kappa shape index (κ3) is 5.13. The number of aliphatic carboxylic acids is 1. The molecule has 0 spiro atoms. The maximum atomic E-state index is 13.4. The van der Waals surface area contributed by atoms with Crippen LogP contribution in [0, 0.1) is 24.2 Å². The van der Waals surface area contributed by atoms with Gasteiger partial charge in [0.15, 0.2) is 5.52 Å². The molecule has 0 radical (unpaired) electrons. The number of amides is 1. The summed E-state index contributed by atoms with van der Waals surface area (Å²) >= 11 is 3.64. The zero-order valence-corrected chi connectivity index (χ0v) is 24.0. The average molecular weight is 595 g/mol. The first-order valence-corrected chi connectivity index (χ1v) is 13.8. The van der Waals surface area contributed by atoms with Crippen molar-refractivity contribution in [2.24, 2.45) is 12.5 Å². The van der Waals surface area contributed by atoms with Crippen LogP contribution >= 0.6 is 15.9 Å². The summed E-state index contributed by atoms with van der Waals surface area (Å²) < 4.78 is 14.2. The number of hydrogen-bond acceptors (Lipinski definition) is 6. The van der Waals surface area contributed by atoms with Crippen LogP contribution in [-0.2, 0) is 21.4 Å². The number of nitrogens with zero attached hydrogens (tertiary/aromatic N) is 4. The minimum atomic E-state index is -0.983. The Labute approximate surface area is 235 Å². The largest absolute Gasteiger partial charge is 0.481 e. The van der Waals surface area contributed by atoms with Crippen LogP contribution in [0.2, 0.25) is 0 Å². The number of carbonyl (C=O) groups is 2. The van der Waals surface area contributed by atoms with Gasteiger partial charge >= 0.3 is 11.9 Å². The molecule has 2 fully saturated rings. The van der Waals surface area contributed by atoms with Crippen LogP contribution in [0.5, 0.6) is 5.88 Å². The molecule has 39 heavy (non-hydrogen) atoms. The van der Waals surface area contributed by atoms with Gasteiger partial charge in [0.25, 0.3) is 5.88 Å². The van der Waals surface area contributed by atoms with E-state index in [0.717, 1.165) is 39.6 Å². The predicted octanol–water partition coefficient (Wildman–Crippen LogP) is 5.25. The highest BCUT2D eigenvalue weighted by atomic mass is 79.9. The molecule has 2 saturated carbocycles. The SMILES string of the molecule is CC#CC(=O)N(c1ccc2c(n1)c(O[C@H]1CC[C@](COC)(C(=O)O)C1)nn2C)c1cc(C)c(Br)cc1C1CC1. The van der Waals surface area contributed by atoms with Crippen molar-refractivity contribution < 1.29 is 24.2 Å². The van der Waals surface area contributed by atoms with Gasteiger partial charge in [0.05, 0.1) is 23.2 Å². The molecule has 0 aliphatic heterocycles. The number of carboxylic acid groups (broad SMARTS) is 1. The van der Waals surface area contributed by atoms with Gasteiger partial charge in [-0.25, -0.2) is 4.98 Å². The second-order valence-corrected chi connectivity index (χ2v) is 11.3. The average Bonchev–Trinajstić information content (AvgIpc) is 3.59. The number of aromatic nitrogens is 3. The van der Waals surface area contributed by atoms with Gasteiger partial charge in [0, 0.05) is 25.1 Å². The lowest BCUT2D eigenvalue weighted by atomic mass is 9.87. The van der Waals surface area contributed by atoms with Crippen LogP contribution in [-0.4, -0.2) is 51.6 Å². The van der Waals surface area contributed by atoms with E-state index < -0.39 is 11.4 Å². The highest BCUT2D eigenvalue weighted by Gasteiger charge is 2.47. The van der Waals surface area contributed by atoms with E-state index in [4.69, 9.17) is 14.5 Å². The molecular weight excluding hydrogens is 564 g/mol. The second kappa shape index (κ2) is 10.6. The predicted molar refractivity (Wildman–Crippen MR) is 150 cm³/mol. The van der Waals surface area contributed by atoms with E-state index in [2.05, 4.69) is 38.9 Å². The number of halogens is 1. The Kier molecular flexibility index (Phi) is 7.40. The minimum absolute atomic E-state index is 0.124. The van der Waals surface area contributed by atoms with E-state index in [9.17, 15) is 14.7 Å². The summed E-state index contributed by atoms with van der Waals surface area (Å²) in [4.78, 5) is 31.9. The van der Waals surface area contributed by atoms with Gasteiger partial charge in [-0.2, -0.15) is 0 Å².